The van der Waals surface area contributed by atoms with E-state index in [9.17, 15) is 34.2 Å². The van der Waals surface area contributed by atoms with E-state index in [1.165, 1.54) is 21.9 Å². The number of aliphatic hydroxyl groups is 1. The van der Waals surface area contributed by atoms with Gasteiger partial charge in [0.05, 0.1) is 44.3 Å². The zero-order valence-electron chi connectivity index (χ0n) is 39.8. The summed E-state index contributed by atoms with van der Waals surface area (Å²) in [5, 5.41) is 28.1. The van der Waals surface area contributed by atoms with Gasteiger partial charge in [0.1, 0.15) is 29.7 Å². The number of hydrazine groups is 1. The van der Waals surface area contributed by atoms with Crippen LogP contribution in [0.4, 0.5) is 0 Å². The lowest BCUT2D eigenvalue weighted by Crippen LogP contribution is -2.66. The van der Waals surface area contributed by atoms with Gasteiger partial charge in [-0.25, -0.2) is 5.43 Å². The molecule has 3 aliphatic heterocycles. The number of likely N-dealkylation sites (N-methyl/N-ethyl adjacent to an activating group) is 1. The highest BCUT2D eigenvalue weighted by Crippen LogP contribution is 2.41. The number of nitrogens with zero attached hydrogens (tertiary/aromatic N) is 5. The van der Waals surface area contributed by atoms with Crippen LogP contribution in [0.2, 0.25) is 0 Å². The Labute approximate surface area is 391 Å². The van der Waals surface area contributed by atoms with E-state index < -0.39 is 58.2 Å². The van der Waals surface area contributed by atoms with Crippen molar-refractivity contribution in [1.82, 2.24) is 35.1 Å². The summed E-state index contributed by atoms with van der Waals surface area (Å²) < 4.78 is 14.4. The maximum atomic E-state index is 14.8. The summed E-state index contributed by atoms with van der Waals surface area (Å²) in [5.41, 5.74) is 12.0. The number of benzene rings is 2. The fourth-order valence-electron chi connectivity index (χ4n) is 10.2. The van der Waals surface area contributed by atoms with Gasteiger partial charge in [0.2, 0.25) is 11.8 Å². The minimum absolute atomic E-state index is 0.0233. The number of aromatic hydroxyl groups is 1. The largest absolute Gasteiger partial charge is 0.508 e. The van der Waals surface area contributed by atoms with Gasteiger partial charge in [0.25, 0.3) is 11.8 Å². The SMILES string of the molecule is CCn1c(-c2cccnc2COC)c2c3cc(ccc31)-c1cc(O)cc(c1)C[C@H](NC(=O)[C@H](C(C)C)N(C)C(=O)[C@@]1(O)CCN(C(=O)CN)C1)C(=O)N1CCCC(C=O)(COCC(C)(C)C2)N1. The molecule has 17 heteroatoms. The Morgan fingerprint density at radius 1 is 1.10 bits per heavy atom. The molecule has 2 aromatic heterocycles. The van der Waals surface area contributed by atoms with E-state index in [4.69, 9.17) is 20.2 Å². The first-order chi connectivity index (χ1) is 31.9. The number of hydrogen-bond acceptors (Lipinski definition) is 12. The number of aldehydes is 1. The molecule has 0 saturated carbocycles. The Hall–Kier alpha value is -5.72. The van der Waals surface area contributed by atoms with Crippen LogP contribution in [-0.4, -0.2) is 141 Å². The first kappa shape index (κ1) is 49.2. The maximum absolute atomic E-state index is 14.8. The standard InChI is InChI=1S/C50H66N8O9/c1-8-57-41-13-12-33-23-37(41)38(44(57)36-11-9-16-52-40(36)26-66-7)24-48(4,5)29-67-30-49(28-59)14-10-17-58(54-49)46(63)39(21-32-19-34(33)22-35(60)20-32)53-45(62)43(31(2)3)55(6)47(64)50(65)15-18-56(27-50)42(61)25-51/h9,11-13,16,19-20,22-23,28,31,39,43,54,60,65H,8,10,14-15,17-18,21,24-27,29-30,51H2,1-7H3,(H,53,62)/t39-,43-,49?,50+/m0/s1. The molecule has 2 saturated heterocycles. The Balaban J connectivity index is 1.32. The van der Waals surface area contributed by atoms with E-state index in [1.54, 1.807) is 39.3 Å². The van der Waals surface area contributed by atoms with Gasteiger partial charge in [-0.1, -0.05) is 39.8 Å². The highest BCUT2D eigenvalue weighted by atomic mass is 16.5. The van der Waals surface area contributed by atoms with Crippen molar-refractivity contribution in [2.45, 2.75) is 103 Å². The number of hydrogen-bond donors (Lipinski definition) is 5. The molecular formula is C50H66N8O9. The van der Waals surface area contributed by atoms with E-state index in [2.05, 4.69) is 54.3 Å². The van der Waals surface area contributed by atoms with Crippen LogP contribution in [0.3, 0.4) is 0 Å². The number of pyridine rings is 1. The van der Waals surface area contributed by atoms with E-state index in [1.807, 2.05) is 18.2 Å². The highest BCUT2D eigenvalue weighted by molar-refractivity contribution is 5.96. The van der Waals surface area contributed by atoms with Crippen molar-refractivity contribution < 1.29 is 43.7 Å². The fraction of sp³-hybridized carbons (Fsp3) is 0.520. The molecule has 1 unspecified atom stereocenters. The van der Waals surface area contributed by atoms with Crippen molar-refractivity contribution in [2.75, 3.05) is 53.6 Å². The van der Waals surface area contributed by atoms with E-state index in [0.717, 1.165) is 45.3 Å². The van der Waals surface area contributed by atoms with Crippen molar-refractivity contribution in [3.05, 3.63) is 71.5 Å². The molecule has 4 atom stereocenters. The number of carbonyl (C=O) groups excluding carboxylic acids is 5. The molecule has 7 rings (SSSR count). The minimum atomic E-state index is -1.94. The molecule has 0 spiro atoms. The number of phenolic OH excluding ortho intramolecular Hbond substituents is 1. The Kier molecular flexibility index (Phi) is 14.6. The van der Waals surface area contributed by atoms with Crippen LogP contribution >= 0.6 is 0 Å². The molecule has 2 fully saturated rings. The number of aryl methyl sites for hydroxylation is 1. The van der Waals surface area contributed by atoms with Gasteiger partial charge < -0.3 is 49.9 Å². The van der Waals surface area contributed by atoms with E-state index >= 15 is 0 Å². The molecule has 0 aliphatic carbocycles. The molecular weight excluding hydrogens is 857 g/mol. The summed E-state index contributed by atoms with van der Waals surface area (Å²) in [6.45, 7) is 10.9. The average Bonchev–Trinajstić information content (AvgIpc) is 3.85. The van der Waals surface area contributed by atoms with Crippen LogP contribution in [0.15, 0.2) is 54.7 Å². The number of ether oxygens (including phenoxy) is 2. The van der Waals surface area contributed by atoms with Crippen LogP contribution < -0.4 is 16.5 Å². The van der Waals surface area contributed by atoms with Gasteiger partial charge in [-0.2, -0.15) is 0 Å². The number of phenols is 1. The van der Waals surface area contributed by atoms with Gasteiger partial charge in [-0.15, -0.1) is 0 Å². The molecule has 0 radical (unpaired) electrons. The maximum Gasteiger partial charge on any atom is 0.259 e. The number of likely N-dealkylation sites (tertiary alicyclic amines) is 1. The number of aromatic nitrogens is 2. The topological polar surface area (TPSA) is 222 Å². The molecule has 4 amide bonds. The zero-order valence-corrected chi connectivity index (χ0v) is 39.8. The third kappa shape index (κ3) is 10.1. The summed E-state index contributed by atoms with van der Waals surface area (Å²) in [4.78, 5) is 76.1. The van der Waals surface area contributed by atoms with Gasteiger partial charge in [-0.05, 0) is 96.2 Å². The molecule has 5 heterocycles. The van der Waals surface area contributed by atoms with Crippen LogP contribution in [0, 0.1) is 11.3 Å². The zero-order chi connectivity index (χ0) is 48.4. The number of nitrogens with two attached hydrogens (primary N) is 1. The van der Waals surface area contributed by atoms with Crippen molar-refractivity contribution in [3.8, 4) is 28.1 Å². The second-order valence-electron chi connectivity index (χ2n) is 19.6. The van der Waals surface area contributed by atoms with Crippen molar-refractivity contribution >= 4 is 40.8 Å². The lowest BCUT2D eigenvalue weighted by Gasteiger charge is -2.42. The van der Waals surface area contributed by atoms with Crippen molar-refractivity contribution in [1.29, 1.82) is 0 Å². The van der Waals surface area contributed by atoms with Crippen LogP contribution in [-0.2, 0) is 59.4 Å². The number of fused-ring (bicyclic) bond motifs is 6. The summed E-state index contributed by atoms with van der Waals surface area (Å²) in [7, 11) is 3.07. The highest BCUT2D eigenvalue weighted by Gasteiger charge is 2.48. The third-order valence-corrected chi connectivity index (χ3v) is 13.4. The Morgan fingerprint density at radius 3 is 2.58 bits per heavy atom. The predicted octanol–water partition coefficient (Wildman–Crippen LogP) is 3.34. The van der Waals surface area contributed by atoms with E-state index in [-0.39, 0.29) is 58.0 Å². The number of amides is 4. The lowest BCUT2D eigenvalue weighted by molar-refractivity contribution is -0.156. The molecule has 3 aliphatic rings. The van der Waals surface area contributed by atoms with Crippen LogP contribution in [0.25, 0.3) is 33.3 Å². The smallest absolute Gasteiger partial charge is 0.259 e. The molecule has 4 aromatic rings. The minimum Gasteiger partial charge on any atom is -0.508 e. The average molecular weight is 923 g/mol. The molecule has 2 aromatic carbocycles. The second kappa shape index (κ2) is 19.9. The molecule has 360 valence electrons. The molecule has 6 N–H and O–H groups in total. The summed E-state index contributed by atoms with van der Waals surface area (Å²) >= 11 is 0. The summed E-state index contributed by atoms with van der Waals surface area (Å²) in [5.74, 6) is -2.85. The number of methoxy groups -OCH3 is 1. The number of rotatable bonds is 11. The van der Waals surface area contributed by atoms with Crippen molar-refractivity contribution in [2.24, 2.45) is 17.1 Å². The Morgan fingerprint density at radius 2 is 1.88 bits per heavy atom. The second-order valence-corrected chi connectivity index (χ2v) is 19.6. The van der Waals surface area contributed by atoms with Crippen LogP contribution in [0.1, 0.15) is 70.7 Å². The van der Waals surface area contributed by atoms with E-state index in [0.29, 0.717) is 43.5 Å². The number of carbonyl (C=O) groups is 5. The Bertz CT molecular complexity index is 2520. The monoisotopic (exact) mass is 922 g/mol. The van der Waals surface area contributed by atoms with Gasteiger partial charge in [0.15, 0.2) is 5.60 Å². The fourth-order valence-corrected chi connectivity index (χ4v) is 10.2. The van der Waals surface area contributed by atoms with Crippen LogP contribution in [0.5, 0.6) is 5.75 Å². The summed E-state index contributed by atoms with van der Waals surface area (Å²) in [6, 6.07) is 12.9. The molecule has 17 nitrogen and oxygen atoms in total. The van der Waals surface area contributed by atoms with Gasteiger partial charge in [0, 0.05) is 69.3 Å². The number of β-amino-alcohol motifs (C(OH)–C–C–N with tert-alkyl or cyclic N) is 1. The molecule has 67 heavy (non-hydrogen) atoms. The normalized spacial score (nSPS) is 22.7. The molecule has 6 bridgehead atoms. The van der Waals surface area contributed by atoms with Gasteiger partial charge in [-0.3, -0.25) is 29.2 Å². The number of nitrogens with one attached hydrogen (secondary N) is 2. The predicted molar refractivity (Wildman–Crippen MR) is 252 cm³/mol. The van der Waals surface area contributed by atoms with Crippen molar-refractivity contribution in [3.63, 3.8) is 0 Å². The summed E-state index contributed by atoms with van der Waals surface area (Å²) in [6.07, 6.45) is 3.90. The van der Waals surface area contributed by atoms with Gasteiger partial charge >= 0.3 is 0 Å². The lowest BCUT2D eigenvalue weighted by atomic mass is 9.84. The quantitative estimate of drug-likeness (QED) is 0.137. The first-order valence-electron chi connectivity index (χ1n) is 23.2. The first-order valence-corrected chi connectivity index (χ1v) is 23.2. The third-order valence-electron chi connectivity index (χ3n) is 13.4.